The van der Waals surface area contributed by atoms with Gasteiger partial charge < -0.3 is 5.32 Å². The zero-order valence-corrected chi connectivity index (χ0v) is 15.5. The number of fused-ring (bicyclic) bond motifs is 1. The fourth-order valence-corrected chi connectivity index (χ4v) is 5.92. The summed E-state index contributed by atoms with van der Waals surface area (Å²) in [7, 11) is -3.42. The van der Waals surface area contributed by atoms with Crippen molar-refractivity contribution in [1.82, 2.24) is 4.31 Å². The lowest BCUT2D eigenvalue weighted by Gasteiger charge is -2.35. The molecule has 2 unspecified atom stereocenters. The smallest absolute Gasteiger partial charge is 0.243 e. The average Bonchev–Trinajstić information content (AvgIpc) is 2.97. The van der Waals surface area contributed by atoms with Crippen molar-refractivity contribution < 1.29 is 12.8 Å². The molecule has 2 aromatic carbocycles. The second kappa shape index (κ2) is 6.67. The van der Waals surface area contributed by atoms with Crippen LogP contribution in [0, 0.1) is 11.7 Å². The van der Waals surface area contributed by atoms with Crippen LogP contribution in [0.3, 0.4) is 0 Å². The maximum atomic E-state index is 13.5. The Bertz CT molecular complexity index is 893. The van der Waals surface area contributed by atoms with Gasteiger partial charge in [-0.15, -0.1) is 0 Å². The number of hydrogen-bond acceptors (Lipinski definition) is 3. The monoisotopic (exact) mass is 374 g/mol. The largest absolute Gasteiger partial charge is 0.382 e. The van der Waals surface area contributed by atoms with E-state index < -0.39 is 10.0 Å². The van der Waals surface area contributed by atoms with Crippen molar-refractivity contribution in [2.45, 2.75) is 36.6 Å². The number of nitrogens with zero attached hydrogens (tertiary/aromatic N) is 1. The van der Waals surface area contributed by atoms with Crippen LogP contribution < -0.4 is 5.32 Å². The SMILES string of the molecule is CC1Nc2cc(F)ccc2C1C1CCN(S(=O)(=O)c2ccccc2)CC1. The Morgan fingerprint density at radius 2 is 1.77 bits per heavy atom. The minimum absolute atomic E-state index is 0.229. The van der Waals surface area contributed by atoms with Crippen molar-refractivity contribution in [2.24, 2.45) is 5.92 Å². The molecule has 4 nitrogen and oxygen atoms in total. The first-order valence-corrected chi connectivity index (χ1v) is 10.5. The van der Waals surface area contributed by atoms with Gasteiger partial charge in [0.1, 0.15) is 5.82 Å². The molecule has 2 atom stereocenters. The summed E-state index contributed by atoms with van der Waals surface area (Å²) in [5, 5.41) is 3.38. The Kier molecular flexibility index (Phi) is 4.49. The highest BCUT2D eigenvalue weighted by Gasteiger charge is 2.38. The fraction of sp³-hybridized carbons (Fsp3) is 0.400. The molecule has 1 fully saturated rings. The molecule has 4 rings (SSSR count). The highest BCUT2D eigenvalue weighted by molar-refractivity contribution is 7.89. The van der Waals surface area contributed by atoms with Gasteiger partial charge >= 0.3 is 0 Å². The van der Waals surface area contributed by atoms with Gasteiger partial charge in [0, 0.05) is 30.7 Å². The lowest BCUT2D eigenvalue weighted by molar-refractivity contribution is 0.238. The number of rotatable bonds is 3. The van der Waals surface area contributed by atoms with E-state index >= 15 is 0 Å². The van der Waals surface area contributed by atoms with Gasteiger partial charge in [-0.3, -0.25) is 0 Å². The van der Waals surface area contributed by atoms with Crippen LogP contribution in [0.2, 0.25) is 0 Å². The van der Waals surface area contributed by atoms with Crippen LogP contribution in [0.5, 0.6) is 0 Å². The van der Waals surface area contributed by atoms with Crippen LogP contribution in [0.1, 0.15) is 31.2 Å². The molecule has 0 radical (unpaired) electrons. The lowest BCUT2D eigenvalue weighted by atomic mass is 9.78. The van der Waals surface area contributed by atoms with E-state index in [1.807, 2.05) is 12.1 Å². The number of hydrogen-bond donors (Lipinski definition) is 1. The Morgan fingerprint density at radius 1 is 1.08 bits per heavy atom. The standard InChI is InChI=1S/C20H23FN2O2S/c1-14-20(18-8-7-16(21)13-19(18)22-14)15-9-11-23(12-10-15)26(24,25)17-5-3-2-4-6-17/h2-8,13-15,20,22H,9-12H2,1H3. The van der Waals surface area contributed by atoms with Crippen LogP contribution in [-0.4, -0.2) is 31.9 Å². The van der Waals surface area contributed by atoms with Crippen molar-refractivity contribution in [3.05, 3.63) is 59.9 Å². The van der Waals surface area contributed by atoms with Crippen molar-refractivity contribution in [1.29, 1.82) is 0 Å². The minimum atomic E-state index is -3.42. The second-order valence-corrected chi connectivity index (χ2v) is 9.18. The van der Waals surface area contributed by atoms with E-state index in [1.165, 1.54) is 6.07 Å². The molecule has 2 aliphatic rings. The van der Waals surface area contributed by atoms with Gasteiger partial charge in [-0.1, -0.05) is 24.3 Å². The Balaban J connectivity index is 1.50. The number of anilines is 1. The van der Waals surface area contributed by atoms with Crippen LogP contribution in [0.4, 0.5) is 10.1 Å². The molecule has 0 amide bonds. The molecule has 6 heteroatoms. The van der Waals surface area contributed by atoms with Gasteiger partial charge in [-0.05, 0) is 55.5 Å². The van der Waals surface area contributed by atoms with Gasteiger partial charge in [-0.2, -0.15) is 4.31 Å². The van der Waals surface area contributed by atoms with E-state index in [0.29, 0.717) is 29.8 Å². The molecule has 2 aliphatic heterocycles. The summed E-state index contributed by atoms with van der Waals surface area (Å²) >= 11 is 0. The lowest BCUT2D eigenvalue weighted by Crippen LogP contribution is -2.40. The number of sulfonamides is 1. The summed E-state index contributed by atoms with van der Waals surface area (Å²) in [6.07, 6.45) is 1.64. The molecule has 138 valence electrons. The highest BCUT2D eigenvalue weighted by Crippen LogP contribution is 2.44. The summed E-state index contributed by atoms with van der Waals surface area (Å²) in [6, 6.07) is 13.8. The Hall–Kier alpha value is -1.92. The van der Waals surface area contributed by atoms with Gasteiger partial charge in [0.05, 0.1) is 4.90 Å². The summed E-state index contributed by atoms with van der Waals surface area (Å²) in [6.45, 7) is 3.18. The first-order chi connectivity index (χ1) is 12.5. The van der Waals surface area contributed by atoms with E-state index in [1.54, 1.807) is 34.6 Å². The van der Waals surface area contributed by atoms with E-state index in [4.69, 9.17) is 0 Å². The maximum absolute atomic E-state index is 13.5. The first kappa shape index (κ1) is 17.5. The van der Waals surface area contributed by atoms with Crippen LogP contribution >= 0.6 is 0 Å². The van der Waals surface area contributed by atoms with E-state index in [0.717, 1.165) is 24.1 Å². The molecular formula is C20H23FN2O2S. The first-order valence-electron chi connectivity index (χ1n) is 9.08. The highest BCUT2D eigenvalue weighted by atomic mass is 32.2. The Morgan fingerprint density at radius 3 is 2.46 bits per heavy atom. The second-order valence-electron chi connectivity index (χ2n) is 7.24. The number of nitrogens with one attached hydrogen (secondary N) is 1. The summed E-state index contributed by atoms with van der Waals surface area (Å²) < 4.78 is 40.7. The van der Waals surface area contributed by atoms with Crippen LogP contribution in [0.15, 0.2) is 53.4 Å². The van der Waals surface area contributed by atoms with E-state index in [2.05, 4.69) is 12.2 Å². The summed E-state index contributed by atoms with van der Waals surface area (Å²) in [5.41, 5.74) is 2.03. The fourth-order valence-electron chi connectivity index (χ4n) is 4.43. The van der Waals surface area contributed by atoms with E-state index in [9.17, 15) is 12.8 Å². The minimum Gasteiger partial charge on any atom is -0.382 e. The summed E-state index contributed by atoms with van der Waals surface area (Å²) in [4.78, 5) is 0.357. The zero-order chi connectivity index (χ0) is 18.3. The van der Waals surface area contributed by atoms with Crippen LogP contribution in [-0.2, 0) is 10.0 Å². The molecule has 0 saturated carbocycles. The third kappa shape index (κ3) is 3.01. The molecule has 0 aromatic heterocycles. The molecule has 2 heterocycles. The molecular weight excluding hydrogens is 351 g/mol. The van der Waals surface area contributed by atoms with Gasteiger partial charge in [-0.25, -0.2) is 12.8 Å². The number of benzene rings is 2. The molecule has 0 spiro atoms. The Labute approximate surface area is 154 Å². The van der Waals surface area contributed by atoms with Gasteiger partial charge in [0.2, 0.25) is 10.0 Å². The average molecular weight is 374 g/mol. The van der Waals surface area contributed by atoms with Crippen molar-refractivity contribution in [3.63, 3.8) is 0 Å². The number of halogens is 1. The van der Waals surface area contributed by atoms with Gasteiger partial charge in [0.15, 0.2) is 0 Å². The predicted molar refractivity (Wildman–Crippen MR) is 100 cm³/mol. The molecule has 0 aliphatic carbocycles. The van der Waals surface area contributed by atoms with Gasteiger partial charge in [0.25, 0.3) is 0 Å². The molecule has 26 heavy (non-hydrogen) atoms. The van der Waals surface area contributed by atoms with Crippen molar-refractivity contribution >= 4 is 15.7 Å². The molecule has 0 bridgehead atoms. The van der Waals surface area contributed by atoms with Crippen molar-refractivity contribution in [3.8, 4) is 0 Å². The summed E-state index contributed by atoms with van der Waals surface area (Å²) in [5.74, 6) is 0.464. The third-order valence-electron chi connectivity index (χ3n) is 5.68. The molecule has 1 saturated heterocycles. The third-order valence-corrected chi connectivity index (χ3v) is 7.60. The quantitative estimate of drug-likeness (QED) is 0.888. The normalized spacial score (nSPS) is 24.2. The van der Waals surface area contributed by atoms with E-state index in [-0.39, 0.29) is 11.9 Å². The topological polar surface area (TPSA) is 49.4 Å². The zero-order valence-electron chi connectivity index (χ0n) is 14.7. The maximum Gasteiger partial charge on any atom is 0.243 e. The molecule has 1 N–H and O–H groups in total. The van der Waals surface area contributed by atoms with Crippen molar-refractivity contribution in [2.75, 3.05) is 18.4 Å². The van der Waals surface area contributed by atoms with Crippen LogP contribution in [0.25, 0.3) is 0 Å². The molecule has 2 aromatic rings. The number of piperidine rings is 1. The predicted octanol–water partition coefficient (Wildman–Crippen LogP) is 3.82.